The number of rotatable bonds is 7. The van der Waals surface area contributed by atoms with E-state index in [-0.39, 0.29) is 6.42 Å². The summed E-state index contributed by atoms with van der Waals surface area (Å²) in [4.78, 5) is 26.2. The molecule has 94 valence electrons. The van der Waals surface area contributed by atoms with E-state index in [1.165, 1.54) is 23.3 Å². The predicted molar refractivity (Wildman–Crippen MR) is 59.4 cm³/mol. The first-order chi connectivity index (χ1) is 8.15. The van der Waals surface area contributed by atoms with Crippen LogP contribution in [-0.4, -0.2) is 33.2 Å². The van der Waals surface area contributed by atoms with E-state index in [1.807, 2.05) is 6.92 Å². The van der Waals surface area contributed by atoms with Crippen LogP contribution in [-0.2, 0) is 14.3 Å². The molecule has 0 amide bonds. The molecule has 0 bridgehead atoms. The van der Waals surface area contributed by atoms with Gasteiger partial charge in [-0.3, -0.25) is 4.79 Å². The molecule has 0 aliphatic heterocycles. The van der Waals surface area contributed by atoms with Crippen molar-refractivity contribution in [1.82, 2.24) is 9.55 Å². The number of imidazole rings is 1. The van der Waals surface area contributed by atoms with Crippen LogP contribution in [0.2, 0.25) is 0 Å². The third-order valence-electron chi connectivity index (χ3n) is 2.29. The van der Waals surface area contributed by atoms with Crippen molar-refractivity contribution < 1.29 is 19.4 Å². The fourth-order valence-corrected chi connectivity index (χ4v) is 1.32. The molecule has 0 saturated carbocycles. The van der Waals surface area contributed by atoms with Gasteiger partial charge in [-0.05, 0) is 6.42 Å². The van der Waals surface area contributed by atoms with Crippen molar-refractivity contribution in [3.8, 4) is 0 Å². The third-order valence-corrected chi connectivity index (χ3v) is 2.29. The van der Waals surface area contributed by atoms with Gasteiger partial charge in [0.15, 0.2) is 0 Å². The van der Waals surface area contributed by atoms with E-state index < -0.39 is 18.0 Å². The molecule has 1 N–H and O–H groups in total. The van der Waals surface area contributed by atoms with Gasteiger partial charge in [-0.2, -0.15) is 0 Å². The minimum atomic E-state index is -1.07. The van der Waals surface area contributed by atoms with Crippen LogP contribution in [0.1, 0.15) is 32.2 Å². The molecule has 1 unspecified atom stereocenters. The van der Waals surface area contributed by atoms with Crippen LogP contribution in [0.25, 0.3) is 0 Å². The Morgan fingerprint density at radius 2 is 2.29 bits per heavy atom. The zero-order valence-electron chi connectivity index (χ0n) is 9.70. The first-order valence-electron chi connectivity index (χ1n) is 5.51. The minimum absolute atomic E-state index is 0.185. The van der Waals surface area contributed by atoms with Crippen molar-refractivity contribution in [2.45, 2.75) is 32.2 Å². The molecule has 0 saturated heterocycles. The molecule has 0 radical (unpaired) electrons. The monoisotopic (exact) mass is 240 g/mol. The Hall–Kier alpha value is -1.85. The van der Waals surface area contributed by atoms with Crippen LogP contribution in [0.15, 0.2) is 18.7 Å². The number of carboxylic acid groups (broad SMARTS) is 1. The predicted octanol–water partition coefficient (Wildman–Crippen LogP) is 1.24. The van der Waals surface area contributed by atoms with E-state index in [9.17, 15) is 9.59 Å². The van der Waals surface area contributed by atoms with Gasteiger partial charge in [0.05, 0.1) is 19.4 Å². The third kappa shape index (κ3) is 4.26. The van der Waals surface area contributed by atoms with Gasteiger partial charge < -0.3 is 14.4 Å². The lowest BCUT2D eigenvalue weighted by atomic mass is 10.2. The second kappa shape index (κ2) is 6.67. The van der Waals surface area contributed by atoms with E-state index >= 15 is 0 Å². The number of ether oxygens (including phenoxy) is 1. The molecule has 0 aliphatic rings. The summed E-state index contributed by atoms with van der Waals surface area (Å²) in [6.45, 7) is 2.32. The molecule has 0 aromatic carbocycles. The van der Waals surface area contributed by atoms with E-state index in [0.29, 0.717) is 6.61 Å². The highest BCUT2D eigenvalue weighted by atomic mass is 16.5. The number of esters is 1. The molecule has 1 heterocycles. The molecule has 1 aromatic heterocycles. The second-order valence-corrected chi connectivity index (χ2v) is 3.64. The Balaban J connectivity index is 2.51. The molecule has 1 rings (SSSR count). The lowest BCUT2D eigenvalue weighted by Crippen LogP contribution is -2.22. The number of carbonyl (C=O) groups is 2. The van der Waals surface area contributed by atoms with Crippen molar-refractivity contribution in [2.24, 2.45) is 0 Å². The summed E-state index contributed by atoms with van der Waals surface area (Å²) in [6.07, 6.45) is 5.88. The number of aromatic nitrogens is 2. The topological polar surface area (TPSA) is 81.4 Å². The SMILES string of the molecule is CCCCOC(=O)CC(C(=O)O)n1ccnc1. The van der Waals surface area contributed by atoms with Gasteiger partial charge in [-0.1, -0.05) is 13.3 Å². The summed E-state index contributed by atoms with van der Waals surface area (Å²) in [5.74, 6) is -1.57. The van der Waals surface area contributed by atoms with Gasteiger partial charge in [0.1, 0.15) is 6.04 Å². The molecular formula is C11H16N2O4. The van der Waals surface area contributed by atoms with Gasteiger partial charge >= 0.3 is 11.9 Å². The van der Waals surface area contributed by atoms with Crippen LogP contribution >= 0.6 is 0 Å². The van der Waals surface area contributed by atoms with Crippen LogP contribution < -0.4 is 0 Å². The summed E-state index contributed by atoms with van der Waals surface area (Å²) in [6, 6.07) is -0.952. The highest BCUT2D eigenvalue weighted by Crippen LogP contribution is 2.12. The standard InChI is InChI=1S/C11H16N2O4/c1-2-3-6-17-10(14)7-9(11(15)16)13-5-4-12-8-13/h4-5,8-9H,2-3,6-7H2,1H3,(H,15,16). The van der Waals surface area contributed by atoms with Gasteiger partial charge in [0, 0.05) is 12.4 Å². The van der Waals surface area contributed by atoms with Crippen LogP contribution in [0.3, 0.4) is 0 Å². The summed E-state index contributed by atoms with van der Waals surface area (Å²) in [5, 5.41) is 9.01. The van der Waals surface area contributed by atoms with Crippen molar-refractivity contribution in [1.29, 1.82) is 0 Å². The lowest BCUT2D eigenvalue weighted by Gasteiger charge is -2.12. The first-order valence-corrected chi connectivity index (χ1v) is 5.51. The molecule has 17 heavy (non-hydrogen) atoms. The maximum atomic E-state index is 11.4. The Labute approximate surface area is 99.2 Å². The Kier molecular flexibility index (Phi) is 5.19. The molecule has 1 atom stereocenters. The number of hydrogen-bond acceptors (Lipinski definition) is 4. The zero-order valence-corrected chi connectivity index (χ0v) is 9.70. The molecule has 0 spiro atoms. The average Bonchev–Trinajstić information content (AvgIpc) is 2.79. The number of unbranched alkanes of at least 4 members (excludes halogenated alkanes) is 1. The number of carbonyl (C=O) groups excluding carboxylic acids is 1. The maximum absolute atomic E-state index is 11.4. The van der Waals surface area contributed by atoms with Gasteiger partial charge in [-0.15, -0.1) is 0 Å². The van der Waals surface area contributed by atoms with Gasteiger partial charge in [0.25, 0.3) is 0 Å². The van der Waals surface area contributed by atoms with Crippen molar-refractivity contribution in [3.63, 3.8) is 0 Å². The second-order valence-electron chi connectivity index (χ2n) is 3.64. The van der Waals surface area contributed by atoms with Crippen molar-refractivity contribution in [3.05, 3.63) is 18.7 Å². The molecule has 0 aliphatic carbocycles. The van der Waals surface area contributed by atoms with E-state index in [1.54, 1.807) is 0 Å². The van der Waals surface area contributed by atoms with E-state index in [2.05, 4.69) is 4.98 Å². The smallest absolute Gasteiger partial charge is 0.327 e. The highest BCUT2D eigenvalue weighted by molar-refractivity contribution is 5.80. The quantitative estimate of drug-likeness (QED) is 0.573. The molecule has 1 aromatic rings. The minimum Gasteiger partial charge on any atom is -0.480 e. The van der Waals surface area contributed by atoms with E-state index in [0.717, 1.165) is 12.8 Å². The number of carboxylic acids is 1. The normalized spacial score (nSPS) is 12.1. The summed E-state index contributed by atoms with van der Waals surface area (Å²) < 4.78 is 6.30. The fraction of sp³-hybridized carbons (Fsp3) is 0.545. The fourth-order valence-electron chi connectivity index (χ4n) is 1.32. The highest BCUT2D eigenvalue weighted by Gasteiger charge is 2.23. The van der Waals surface area contributed by atoms with Crippen LogP contribution in [0.4, 0.5) is 0 Å². The summed E-state index contributed by atoms with van der Waals surface area (Å²) >= 11 is 0. The lowest BCUT2D eigenvalue weighted by molar-refractivity contribution is -0.151. The Morgan fingerprint density at radius 3 is 2.82 bits per heavy atom. The maximum Gasteiger partial charge on any atom is 0.327 e. The largest absolute Gasteiger partial charge is 0.480 e. The van der Waals surface area contributed by atoms with Crippen molar-refractivity contribution >= 4 is 11.9 Å². The molecule has 0 fully saturated rings. The summed E-state index contributed by atoms with van der Waals surface area (Å²) in [7, 11) is 0. The number of nitrogens with zero attached hydrogens (tertiary/aromatic N) is 2. The average molecular weight is 240 g/mol. The van der Waals surface area contributed by atoms with E-state index in [4.69, 9.17) is 9.84 Å². The first kappa shape index (κ1) is 13.2. The van der Waals surface area contributed by atoms with Crippen molar-refractivity contribution in [2.75, 3.05) is 6.61 Å². The van der Waals surface area contributed by atoms with Gasteiger partial charge in [-0.25, -0.2) is 9.78 Å². The van der Waals surface area contributed by atoms with Crippen LogP contribution in [0.5, 0.6) is 0 Å². The zero-order chi connectivity index (χ0) is 12.7. The Bertz CT molecular complexity index is 362. The Morgan fingerprint density at radius 1 is 1.53 bits per heavy atom. The molecule has 6 nitrogen and oxygen atoms in total. The molecule has 6 heteroatoms. The number of hydrogen-bond donors (Lipinski definition) is 1. The van der Waals surface area contributed by atoms with Gasteiger partial charge in [0.2, 0.25) is 0 Å². The molecular weight excluding hydrogens is 224 g/mol. The number of aliphatic carboxylic acids is 1. The summed E-state index contributed by atoms with van der Waals surface area (Å²) in [5.41, 5.74) is 0. The van der Waals surface area contributed by atoms with Crippen LogP contribution in [0, 0.1) is 0 Å².